The van der Waals surface area contributed by atoms with Crippen molar-refractivity contribution in [3.8, 4) is 5.75 Å². The van der Waals surface area contributed by atoms with Crippen LogP contribution in [0.3, 0.4) is 0 Å². The van der Waals surface area contributed by atoms with E-state index in [0.29, 0.717) is 6.54 Å². The summed E-state index contributed by atoms with van der Waals surface area (Å²) >= 11 is 0. The van der Waals surface area contributed by atoms with Gasteiger partial charge in [0.25, 0.3) is 0 Å². The highest BCUT2D eigenvalue weighted by Crippen LogP contribution is 2.20. The summed E-state index contributed by atoms with van der Waals surface area (Å²) in [6.07, 6.45) is 0.727. The van der Waals surface area contributed by atoms with Crippen molar-refractivity contribution in [1.29, 1.82) is 0 Å². The molecule has 2 rings (SSSR count). The Hall–Kier alpha value is -1.94. The van der Waals surface area contributed by atoms with Crippen LogP contribution >= 0.6 is 0 Å². The molecule has 0 saturated carbocycles. The SMILES string of the molecule is NCCc1ccccc1COc1cc(F)ccc1F. The zero-order valence-electron chi connectivity index (χ0n) is 10.4. The molecular weight excluding hydrogens is 248 g/mol. The summed E-state index contributed by atoms with van der Waals surface area (Å²) in [5.41, 5.74) is 7.51. The molecule has 100 valence electrons. The maximum atomic E-state index is 13.4. The minimum atomic E-state index is -0.572. The molecule has 0 aliphatic heterocycles. The maximum absolute atomic E-state index is 13.4. The first-order chi connectivity index (χ1) is 9.20. The van der Waals surface area contributed by atoms with Gasteiger partial charge in [-0.1, -0.05) is 24.3 Å². The number of benzene rings is 2. The van der Waals surface area contributed by atoms with Gasteiger partial charge in [0, 0.05) is 6.07 Å². The third-order valence-electron chi connectivity index (χ3n) is 2.81. The van der Waals surface area contributed by atoms with Gasteiger partial charge in [0.05, 0.1) is 0 Å². The highest BCUT2D eigenvalue weighted by molar-refractivity contribution is 5.29. The van der Waals surface area contributed by atoms with E-state index < -0.39 is 11.6 Å². The van der Waals surface area contributed by atoms with Crippen LogP contribution in [0.2, 0.25) is 0 Å². The lowest BCUT2D eigenvalue weighted by Crippen LogP contribution is -2.07. The minimum absolute atomic E-state index is 0.0810. The predicted octanol–water partition coefficient (Wildman–Crippen LogP) is 3.05. The topological polar surface area (TPSA) is 35.2 Å². The van der Waals surface area contributed by atoms with Crippen molar-refractivity contribution in [2.45, 2.75) is 13.0 Å². The number of hydrogen-bond acceptors (Lipinski definition) is 2. The molecule has 0 fully saturated rings. The molecule has 0 unspecified atom stereocenters. The van der Waals surface area contributed by atoms with E-state index in [0.717, 1.165) is 35.7 Å². The van der Waals surface area contributed by atoms with Gasteiger partial charge in [-0.25, -0.2) is 8.78 Å². The molecule has 2 nitrogen and oxygen atoms in total. The standard InChI is InChI=1S/C15H15F2NO/c16-13-5-6-14(17)15(9-13)19-10-12-4-2-1-3-11(12)7-8-18/h1-6,9H,7-8,10,18H2. The van der Waals surface area contributed by atoms with Gasteiger partial charge < -0.3 is 10.5 Å². The zero-order chi connectivity index (χ0) is 13.7. The molecule has 0 spiro atoms. The molecule has 2 N–H and O–H groups in total. The molecule has 4 heteroatoms. The molecule has 2 aromatic carbocycles. The van der Waals surface area contributed by atoms with E-state index in [4.69, 9.17) is 10.5 Å². The molecule has 0 saturated heterocycles. The van der Waals surface area contributed by atoms with Crippen molar-refractivity contribution in [1.82, 2.24) is 0 Å². The summed E-state index contributed by atoms with van der Waals surface area (Å²) in [7, 11) is 0. The lowest BCUT2D eigenvalue weighted by molar-refractivity contribution is 0.287. The lowest BCUT2D eigenvalue weighted by atomic mass is 10.1. The summed E-state index contributed by atoms with van der Waals surface area (Å²) in [6, 6.07) is 10.8. The largest absolute Gasteiger partial charge is 0.486 e. The number of halogens is 2. The fourth-order valence-electron chi connectivity index (χ4n) is 1.84. The van der Waals surface area contributed by atoms with Crippen molar-refractivity contribution in [2.24, 2.45) is 5.73 Å². The van der Waals surface area contributed by atoms with Gasteiger partial charge >= 0.3 is 0 Å². The second-order valence-electron chi connectivity index (χ2n) is 4.17. The lowest BCUT2D eigenvalue weighted by Gasteiger charge is -2.11. The molecular formula is C15H15F2NO. The summed E-state index contributed by atoms with van der Waals surface area (Å²) in [5, 5.41) is 0. The molecule has 0 bridgehead atoms. The Morgan fingerprint density at radius 1 is 1.00 bits per heavy atom. The monoisotopic (exact) mass is 263 g/mol. The van der Waals surface area contributed by atoms with Crippen LogP contribution in [0.4, 0.5) is 8.78 Å². The van der Waals surface area contributed by atoms with Crippen LogP contribution in [0.5, 0.6) is 5.75 Å². The maximum Gasteiger partial charge on any atom is 0.165 e. The van der Waals surface area contributed by atoms with Crippen LogP contribution in [-0.4, -0.2) is 6.54 Å². The third kappa shape index (κ3) is 3.51. The van der Waals surface area contributed by atoms with Crippen molar-refractivity contribution in [2.75, 3.05) is 6.54 Å². The normalized spacial score (nSPS) is 10.5. The fraction of sp³-hybridized carbons (Fsp3) is 0.200. The highest BCUT2D eigenvalue weighted by Gasteiger charge is 2.07. The first-order valence-corrected chi connectivity index (χ1v) is 6.05. The van der Waals surface area contributed by atoms with E-state index in [-0.39, 0.29) is 12.4 Å². The number of ether oxygens (including phenoxy) is 1. The van der Waals surface area contributed by atoms with Gasteiger partial charge in [-0.15, -0.1) is 0 Å². The Morgan fingerprint density at radius 3 is 2.47 bits per heavy atom. The second kappa shape index (κ2) is 6.29. The van der Waals surface area contributed by atoms with Crippen molar-refractivity contribution < 1.29 is 13.5 Å². The summed E-state index contributed by atoms with van der Waals surface area (Å²) in [4.78, 5) is 0. The Bertz CT molecular complexity index is 558. The van der Waals surface area contributed by atoms with E-state index in [1.807, 2.05) is 24.3 Å². The second-order valence-corrected chi connectivity index (χ2v) is 4.17. The molecule has 2 aromatic rings. The molecule has 19 heavy (non-hydrogen) atoms. The predicted molar refractivity (Wildman–Crippen MR) is 69.9 cm³/mol. The van der Waals surface area contributed by atoms with Crippen molar-refractivity contribution >= 4 is 0 Å². The molecule has 0 heterocycles. The van der Waals surface area contributed by atoms with E-state index >= 15 is 0 Å². The van der Waals surface area contributed by atoms with Crippen molar-refractivity contribution in [3.63, 3.8) is 0 Å². The molecule has 0 atom stereocenters. The third-order valence-corrected chi connectivity index (χ3v) is 2.81. The number of hydrogen-bond donors (Lipinski definition) is 1. The number of nitrogens with two attached hydrogens (primary N) is 1. The minimum Gasteiger partial charge on any atom is -0.486 e. The average molecular weight is 263 g/mol. The van der Waals surface area contributed by atoms with Crippen LogP contribution < -0.4 is 10.5 Å². The fourth-order valence-corrected chi connectivity index (χ4v) is 1.84. The van der Waals surface area contributed by atoms with Gasteiger partial charge in [-0.2, -0.15) is 0 Å². The Labute approximate surface area is 110 Å². The van der Waals surface area contributed by atoms with E-state index in [1.54, 1.807) is 0 Å². The van der Waals surface area contributed by atoms with E-state index in [2.05, 4.69) is 0 Å². The van der Waals surface area contributed by atoms with Gasteiger partial charge in [0.15, 0.2) is 11.6 Å². The van der Waals surface area contributed by atoms with Crippen LogP contribution in [0, 0.1) is 11.6 Å². The van der Waals surface area contributed by atoms with Gasteiger partial charge in [0.1, 0.15) is 12.4 Å². The quantitative estimate of drug-likeness (QED) is 0.899. The average Bonchev–Trinajstić information content (AvgIpc) is 2.42. The molecule has 0 aliphatic rings. The Kier molecular flexibility index (Phi) is 4.47. The van der Waals surface area contributed by atoms with Gasteiger partial charge in [-0.05, 0) is 36.2 Å². The zero-order valence-corrected chi connectivity index (χ0v) is 10.4. The van der Waals surface area contributed by atoms with Crippen LogP contribution in [0.25, 0.3) is 0 Å². The summed E-state index contributed by atoms with van der Waals surface area (Å²) in [5.74, 6) is -1.17. The first kappa shape index (κ1) is 13.5. The molecule has 0 radical (unpaired) electrons. The molecule has 0 aliphatic carbocycles. The Balaban J connectivity index is 2.12. The molecule has 0 aromatic heterocycles. The smallest absolute Gasteiger partial charge is 0.165 e. The summed E-state index contributed by atoms with van der Waals surface area (Å²) in [6.45, 7) is 0.724. The van der Waals surface area contributed by atoms with Crippen molar-refractivity contribution in [3.05, 3.63) is 65.2 Å². The molecule has 0 amide bonds. The summed E-state index contributed by atoms with van der Waals surface area (Å²) < 4.78 is 31.8. The first-order valence-electron chi connectivity index (χ1n) is 6.05. The Morgan fingerprint density at radius 2 is 1.74 bits per heavy atom. The van der Waals surface area contributed by atoms with Gasteiger partial charge in [-0.3, -0.25) is 0 Å². The van der Waals surface area contributed by atoms with Crippen LogP contribution in [0.15, 0.2) is 42.5 Å². The van der Waals surface area contributed by atoms with Crippen LogP contribution in [-0.2, 0) is 13.0 Å². The van der Waals surface area contributed by atoms with E-state index in [1.165, 1.54) is 0 Å². The number of rotatable bonds is 5. The van der Waals surface area contributed by atoms with Crippen LogP contribution in [0.1, 0.15) is 11.1 Å². The van der Waals surface area contributed by atoms with Gasteiger partial charge in [0.2, 0.25) is 0 Å². The highest BCUT2D eigenvalue weighted by atomic mass is 19.1. The van der Waals surface area contributed by atoms with E-state index in [9.17, 15) is 8.78 Å².